The summed E-state index contributed by atoms with van der Waals surface area (Å²) in [7, 11) is 4.31. The second-order valence-electron chi connectivity index (χ2n) is 11.5. The molecule has 0 radical (unpaired) electrons. The molecule has 7 atom stereocenters. The van der Waals surface area contributed by atoms with Crippen molar-refractivity contribution in [1.29, 1.82) is 0 Å². The van der Waals surface area contributed by atoms with Gasteiger partial charge in [-0.25, -0.2) is 0 Å². The predicted molar refractivity (Wildman–Crippen MR) is 118 cm³/mol. The standard InChI is InChI=1S/C26H45NO/c1-19-8-11-23-22-10-9-20-18-21(28-17-7-6-16-27(4)5)12-14-26(20,3)24(22)13-15-25(19,23)2/h18-19,21-24H,6-17H2,1-5H3/t19-,21-,22?,23?,24?,25+,26-/m0/s1. The zero-order chi connectivity index (χ0) is 19.9. The van der Waals surface area contributed by atoms with E-state index in [4.69, 9.17) is 4.74 Å². The van der Waals surface area contributed by atoms with E-state index in [-0.39, 0.29) is 0 Å². The fourth-order valence-electron chi connectivity index (χ4n) is 7.86. The van der Waals surface area contributed by atoms with Gasteiger partial charge >= 0.3 is 0 Å². The first-order valence-corrected chi connectivity index (χ1v) is 12.3. The van der Waals surface area contributed by atoms with E-state index in [2.05, 4.69) is 45.8 Å². The lowest BCUT2D eigenvalue weighted by molar-refractivity contribution is -0.0563. The number of rotatable bonds is 6. The van der Waals surface area contributed by atoms with Gasteiger partial charge < -0.3 is 9.64 Å². The van der Waals surface area contributed by atoms with E-state index < -0.39 is 0 Å². The van der Waals surface area contributed by atoms with Crippen LogP contribution in [0.5, 0.6) is 0 Å². The van der Waals surface area contributed by atoms with Crippen molar-refractivity contribution in [3.8, 4) is 0 Å². The van der Waals surface area contributed by atoms with E-state index in [9.17, 15) is 0 Å². The van der Waals surface area contributed by atoms with Gasteiger partial charge in [0.1, 0.15) is 0 Å². The molecule has 28 heavy (non-hydrogen) atoms. The summed E-state index contributed by atoms with van der Waals surface area (Å²) in [4.78, 5) is 2.27. The molecule has 0 spiro atoms. The fourth-order valence-corrected chi connectivity index (χ4v) is 7.86. The lowest BCUT2D eigenvalue weighted by atomic mass is 9.47. The van der Waals surface area contributed by atoms with Crippen molar-refractivity contribution in [2.45, 2.75) is 91.1 Å². The number of hydrogen-bond donors (Lipinski definition) is 0. The maximum absolute atomic E-state index is 6.30. The largest absolute Gasteiger partial charge is 0.374 e. The maximum Gasteiger partial charge on any atom is 0.0758 e. The van der Waals surface area contributed by atoms with Crippen LogP contribution in [-0.4, -0.2) is 38.3 Å². The monoisotopic (exact) mass is 387 g/mol. The van der Waals surface area contributed by atoms with E-state index in [1.807, 2.05) is 0 Å². The van der Waals surface area contributed by atoms with E-state index in [0.717, 1.165) is 30.3 Å². The minimum Gasteiger partial charge on any atom is -0.374 e. The summed E-state index contributed by atoms with van der Waals surface area (Å²) in [5, 5.41) is 0. The Balaban J connectivity index is 1.39. The molecule has 0 amide bonds. The van der Waals surface area contributed by atoms with Crippen molar-refractivity contribution in [3.05, 3.63) is 11.6 Å². The molecule has 0 aliphatic heterocycles. The Morgan fingerprint density at radius 3 is 2.61 bits per heavy atom. The molecule has 4 rings (SSSR count). The van der Waals surface area contributed by atoms with Gasteiger partial charge in [-0.3, -0.25) is 0 Å². The van der Waals surface area contributed by atoms with Crippen LogP contribution in [0.2, 0.25) is 0 Å². The quantitative estimate of drug-likeness (QED) is 0.391. The number of allylic oxidation sites excluding steroid dienone is 1. The molecule has 0 aromatic rings. The smallest absolute Gasteiger partial charge is 0.0758 e. The molecule has 3 saturated carbocycles. The summed E-state index contributed by atoms with van der Waals surface area (Å²) in [6, 6.07) is 0. The van der Waals surface area contributed by atoms with E-state index >= 15 is 0 Å². The third kappa shape index (κ3) is 3.62. The highest BCUT2D eigenvalue weighted by atomic mass is 16.5. The van der Waals surface area contributed by atoms with Gasteiger partial charge in [0.15, 0.2) is 0 Å². The van der Waals surface area contributed by atoms with Crippen LogP contribution >= 0.6 is 0 Å². The number of nitrogens with zero attached hydrogens (tertiary/aromatic N) is 1. The summed E-state index contributed by atoms with van der Waals surface area (Å²) in [6.07, 6.45) is 16.8. The molecular formula is C26H45NO. The van der Waals surface area contributed by atoms with Crippen molar-refractivity contribution < 1.29 is 4.74 Å². The topological polar surface area (TPSA) is 12.5 Å². The minimum absolute atomic E-state index is 0.388. The van der Waals surface area contributed by atoms with Crippen LogP contribution < -0.4 is 0 Å². The third-order valence-electron chi connectivity index (χ3n) is 9.88. The average Bonchev–Trinajstić information content (AvgIpc) is 2.96. The van der Waals surface area contributed by atoms with Crippen molar-refractivity contribution in [2.75, 3.05) is 27.2 Å². The second kappa shape index (κ2) is 8.06. The molecule has 0 saturated heterocycles. The Labute approximate surface area is 174 Å². The Bertz CT molecular complexity index is 583. The highest BCUT2D eigenvalue weighted by Gasteiger charge is 2.57. The molecule has 4 aliphatic rings. The second-order valence-corrected chi connectivity index (χ2v) is 11.5. The summed E-state index contributed by atoms with van der Waals surface area (Å²) < 4.78 is 6.30. The van der Waals surface area contributed by atoms with Crippen molar-refractivity contribution in [2.24, 2.45) is 34.5 Å². The van der Waals surface area contributed by atoms with Gasteiger partial charge in [-0.1, -0.05) is 32.4 Å². The van der Waals surface area contributed by atoms with E-state index in [1.54, 1.807) is 5.57 Å². The average molecular weight is 388 g/mol. The molecule has 4 aliphatic carbocycles. The van der Waals surface area contributed by atoms with Crippen LogP contribution in [0.15, 0.2) is 11.6 Å². The van der Waals surface area contributed by atoms with Crippen molar-refractivity contribution >= 4 is 0 Å². The molecule has 3 fully saturated rings. The van der Waals surface area contributed by atoms with E-state index in [0.29, 0.717) is 16.9 Å². The Morgan fingerprint density at radius 2 is 1.82 bits per heavy atom. The summed E-state index contributed by atoms with van der Waals surface area (Å²) in [5.74, 6) is 3.89. The molecule has 2 heteroatoms. The van der Waals surface area contributed by atoms with Crippen LogP contribution in [0.4, 0.5) is 0 Å². The SMILES string of the molecule is C[C@H]1CCC2C3CCC4=C[C@@H](OCCCCN(C)C)CC[C@]4(C)C3CC[C@@]21C. The van der Waals surface area contributed by atoms with Crippen molar-refractivity contribution in [3.63, 3.8) is 0 Å². The van der Waals surface area contributed by atoms with Gasteiger partial charge in [-0.2, -0.15) is 0 Å². The van der Waals surface area contributed by atoms with Crippen LogP contribution in [0.25, 0.3) is 0 Å². The molecule has 160 valence electrons. The molecule has 0 N–H and O–H groups in total. The van der Waals surface area contributed by atoms with Crippen LogP contribution in [0.3, 0.4) is 0 Å². The zero-order valence-electron chi connectivity index (χ0n) is 19.3. The highest BCUT2D eigenvalue weighted by molar-refractivity contribution is 5.25. The number of unbranched alkanes of at least 4 members (excludes halogenated alkanes) is 1. The molecule has 3 unspecified atom stereocenters. The molecule has 2 nitrogen and oxygen atoms in total. The normalized spacial score (nSPS) is 45.4. The third-order valence-corrected chi connectivity index (χ3v) is 9.88. The van der Waals surface area contributed by atoms with Gasteiger partial charge in [0.25, 0.3) is 0 Å². The maximum atomic E-state index is 6.30. The first-order valence-electron chi connectivity index (χ1n) is 12.3. The van der Waals surface area contributed by atoms with Crippen LogP contribution in [-0.2, 0) is 4.74 Å². The lowest BCUT2D eigenvalue weighted by Gasteiger charge is -2.58. The van der Waals surface area contributed by atoms with Crippen molar-refractivity contribution in [1.82, 2.24) is 4.90 Å². The van der Waals surface area contributed by atoms with Gasteiger partial charge in [0.2, 0.25) is 0 Å². The fraction of sp³-hybridized carbons (Fsp3) is 0.923. The molecule has 0 aromatic carbocycles. The lowest BCUT2D eigenvalue weighted by Crippen LogP contribution is -2.50. The molecular weight excluding hydrogens is 342 g/mol. The summed E-state index contributed by atoms with van der Waals surface area (Å²) in [6.45, 7) is 9.92. The van der Waals surface area contributed by atoms with E-state index in [1.165, 1.54) is 70.8 Å². The number of fused-ring (bicyclic) bond motifs is 5. The predicted octanol–water partition coefficient (Wildman–Crippen LogP) is 6.31. The molecule has 0 heterocycles. The first kappa shape index (κ1) is 20.9. The van der Waals surface area contributed by atoms with Gasteiger partial charge in [-0.05, 0) is 119 Å². The van der Waals surface area contributed by atoms with Gasteiger partial charge in [-0.15, -0.1) is 0 Å². The Kier molecular flexibility index (Phi) is 6.02. The van der Waals surface area contributed by atoms with Crippen LogP contribution in [0, 0.1) is 34.5 Å². The van der Waals surface area contributed by atoms with Crippen LogP contribution in [0.1, 0.15) is 85.0 Å². The first-order chi connectivity index (χ1) is 13.3. The Hall–Kier alpha value is -0.340. The number of ether oxygens (including phenoxy) is 1. The van der Waals surface area contributed by atoms with Gasteiger partial charge in [0.05, 0.1) is 6.10 Å². The molecule has 0 aromatic heterocycles. The highest BCUT2D eigenvalue weighted by Crippen LogP contribution is 2.66. The van der Waals surface area contributed by atoms with Gasteiger partial charge in [0, 0.05) is 6.61 Å². The summed E-state index contributed by atoms with van der Waals surface area (Å²) in [5.41, 5.74) is 2.89. The number of hydrogen-bond acceptors (Lipinski definition) is 2. The Morgan fingerprint density at radius 1 is 1.00 bits per heavy atom. The minimum atomic E-state index is 0.388. The zero-order valence-corrected chi connectivity index (χ0v) is 19.3. The molecule has 0 bridgehead atoms. The summed E-state index contributed by atoms with van der Waals surface area (Å²) >= 11 is 0.